The number of thioether (sulfide) groups is 1. The second-order valence-electron chi connectivity index (χ2n) is 5.98. The summed E-state index contributed by atoms with van der Waals surface area (Å²) in [5.41, 5.74) is 3.01. The van der Waals surface area contributed by atoms with E-state index in [4.69, 9.17) is 4.74 Å². The van der Waals surface area contributed by atoms with Gasteiger partial charge in [-0.3, -0.25) is 10.1 Å². The predicted molar refractivity (Wildman–Crippen MR) is 111 cm³/mol. The van der Waals surface area contributed by atoms with Crippen molar-refractivity contribution in [3.8, 4) is 5.75 Å². The van der Waals surface area contributed by atoms with Gasteiger partial charge in [0.2, 0.25) is 5.13 Å². The highest BCUT2D eigenvalue weighted by Gasteiger charge is 2.11. The van der Waals surface area contributed by atoms with Gasteiger partial charge >= 0.3 is 0 Å². The average molecular weight is 400 g/mol. The lowest BCUT2D eigenvalue weighted by atomic mass is 10.2. The van der Waals surface area contributed by atoms with Crippen LogP contribution in [0.4, 0.5) is 5.13 Å². The first-order chi connectivity index (χ1) is 13.1. The fraction of sp³-hybridized carbons (Fsp3) is 0.250. The monoisotopic (exact) mass is 399 g/mol. The molecule has 0 aliphatic heterocycles. The first-order valence-corrected chi connectivity index (χ1v) is 10.5. The van der Waals surface area contributed by atoms with Crippen LogP contribution < -0.4 is 10.1 Å². The number of nitrogens with one attached hydrogen (secondary N) is 1. The third kappa shape index (κ3) is 5.80. The molecular formula is C20H21N3O2S2. The minimum Gasteiger partial charge on any atom is -0.494 e. The van der Waals surface area contributed by atoms with Crippen molar-refractivity contribution in [2.45, 2.75) is 30.4 Å². The van der Waals surface area contributed by atoms with Gasteiger partial charge in [-0.05, 0) is 37.1 Å². The molecule has 1 aromatic heterocycles. The summed E-state index contributed by atoms with van der Waals surface area (Å²) in [6.45, 7) is 4.75. The van der Waals surface area contributed by atoms with Crippen molar-refractivity contribution in [2.24, 2.45) is 0 Å². The van der Waals surface area contributed by atoms with Crippen molar-refractivity contribution in [1.82, 2.24) is 10.2 Å². The van der Waals surface area contributed by atoms with Gasteiger partial charge in [-0.2, -0.15) is 0 Å². The normalized spacial score (nSPS) is 10.6. The summed E-state index contributed by atoms with van der Waals surface area (Å²) in [4.78, 5) is 12.4. The Kier molecular flexibility index (Phi) is 6.84. The van der Waals surface area contributed by atoms with Gasteiger partial charge in [0.05, 0.1) is 6.61 Å². The summed E-state index contributed by atoms with van der Waals surface area (Å²) in [6, 6.07) is 15.5. The number of benzene rings is 2. The lowest BCUT2D eigenvalue weighted by Gasteiger charge is -2.06. The van der Waals surface area contributed by atoms with E-state index in [1.54, 1.807) is 23.9 Å². The summed E-state index contributed by atoms with van der Waals surface area (Å²) < 4.78 is 6.40. The van der Waals surface area contributed by atoms with Crippen molar-refractivity contribution in [3.05, 3.63) is 65.2 Å². The van der Waals surface area contributed by atoms with Gasteiger partial charge in [0.1, 0.15) is 5.75 Å². The van der Waals surface area contributed by atoms with Crippen molar-refractivity contribution >= 4 is 34.1 Å². The fourth-order valence-electron chi connectivity index (χ4n) is 2.38. The van der Waals surface area contributed by atoms with Gasteiger partial charge < -0.3 is 4.74 Å². The van der Waals surface area contributed by atoms with Crippen LogP contribution in [0.1, 0.15) is 34.8 Å². The van der Waals surface area contributed by atoms with Gasteiger partial charge in [0.25, 0.3) is 5.91 Å². The van der Waals surface area contributed by atoms with Crippen molar-refractivity contribution in [3.63, 3.8) is 0 Å². The molecule has 3 aromatic rings. The van der Waals surface area contributed by atoms with Crippen LogP contribution in [0.15, 0.2) is 52.9 Å². The van der Waals surface area contributed by atoms with E-state index in [1.165, 1.54) is 22.5 Å². The number of carbonyl (C=O) groups excluding carboxylic acids is 1. The summed E-state index contributed by atoms with van der Waals surface area (Å²) in [6.07, 6.45) is 0.921. The molecule has 0 radical (unpaired) electrons. The van der Waals surface area contributed by atoms with Crippen LogP contribution in [0.3, 0.4) is 0 Å². The molecular weight excluding hydrogens is 378 g/mol. The Morgan fingerprint density at radius 2 is 2.04 bits per heavy atom. The highest BCUT2D eigenvalue weighted by Crippen LogP contribution is 2.28. The number of aromatic nitrogens is 2. The summed E-state index contributed by atoms with van der Waals surface area (Å²) >= 11 is 2.99. The van der Waals surface area contributed by atoms with Crippen LogP contribution in [0, 0.1) is 6.92 Å². The molecule has 3 rings (SSSR count). The smallest absolute Gasteiger partial charge is 0.257 e. The van der Waals surface area contributed by atoms with Gasteiger partial charge in [-0.25, -0.2) is 0 Å². The van der Waals surface area contributed by atoms with Crippen LogP contribution in [-0.2, 0) is 5.75 Å². The maximum Gasteiger partial charge on any atom is 0.257 e. The quantitative estimate of drug-likeness (QED) is 0.418. The zero-order chi connectivity index (χ0) is 19.1. The molecule has 1 amide bonds. The predicted octanol–water partition coefficient (Wildman–Crippen LogP) is 5.18. The molecule has 0 saturated heterocycles. The Morgan fingerprint density at radius 1 is 1.19 bits per heavy atom. The Balaban J connectivity index is 1.57. The molecule has 140 valence electrons. The number of amides is 1. The standard InChI is InChI=1S/C20H21N3O2S2/c1-3-10-25-17-9-5-8-16(12-17)18(24)21-19-22-23-20(27-19)26-13-15-7-4-6-14(2)11-15/h4-9,11-12H,3,10,13H2,1-2H3,(H,21,22,24). The Labute approximate surface area is 167 Å². The van der Waals surface area contributed by atoms with E-state index in [1.807, 2.05) is 19.1 Å². The van der Waals surface area contributed by atoms with E-state index in [0.717, 1.165) is 16.5 Å². The molecule has 27 heavy (non-hydrogen) atoms. The van der Waals surface area contributed by atoms with Crippen LogP contribution >= 0.6 is 23.1 Å². The van der Waals surface area contributed by atoms with Crippen LogP contribution in [0.25, 0.3) is 0 Å². The van der Waals surface area contributed by atoms with Crippen LogP contribution in [0.5, 0.6) is 5.75 Å². The molecule has 0 bridgehead atoms. The molecule has 0 aliphatic rings. The third-order valence-corrected chi connectivity index (χ3v) is 5.68. The molecule has 5 nitrogen and oxygen atoms in total. The zero-order valence-corrected chi connectivity index (χ0v) is 16.9. The Hall–Kier alpha value is -2.38. The average Bonchev–Trinajstić information content (AvgIpc) is 3.12. The molecule has 0 atom stereocenters. The molecule has 0 aliphatic carbocycles. The van der Waals surface area contributed by atoms with E-state index in [2.05, 4.69) is 46.7 Å². The number of ether oxygens (including phenoxy) is 1. The van der Waals surface area contributed by atoms with Crippen molar-refractivity contribution < 1.29 is 9.53 Å². The van der Waals surface area contributed by atoms with E-state index < -0.39 is 0 Å². The number of anilines is 1. The number of aryl methyl sites for hydroxylation is 1. The number of nitrogens with zero attached hydrogens (tertiary/aromatic N) is 2. The summed E-state index contributed by atoms with van der Waals surface area (Å²) in [7, 11) is 0. The number of rotatable bonds is 8. The largest absolute Gasteiger partial charge is 0.494 e. The highest BCUT2D eigenvalue weighted by atomic mass is 32.2. The Morgan fingerprint density at radius 3 is 2.85 bits per heavy atom. The van der Waals surface area contributed by atoms with E-state index in [-0.39, 0.29) is 5.91 Å². The molecule has 0 spiro atoms. The van der Waals surface area contributed by atoms with E-state index in [0.29, 0.717) is 23.1 Å². The molecule has 0 unspecified atom stereocenters. The molecule has 0 fully saturated rings. The second kappa shape index (κ2) is 9.53. The number of hydrogen-bond acceptors (Lipinski definition) is 6. The maximum absolute atomic E-state index is 12.4. The van der Waals surface area contributed by atoms with Gasteiger partial charge in [-0.15, -0.1) is 10.2 Å². The van der Waals surface area contributed by atoms with Gasteiger partial charge in [0, 0.05) is 11.3 Å². The number of carbonyl (C=O) groups is 1. The first kappa shape index (κ1) is 19.4. The van der Waals surface area contributed by atoms with Gasteiger partial charge in [-0.1, -0.05) is 65.9 Å². The Bertz CT molecular complexity index is 912. The van der Waals surface area contributed by atoms with Crippen molar-refractivity contribution in [2.75, 3.05) is 11.9 Å². The van der Waals surface area contributed by atoms with E-state index >= 15 is 0 Å². The van der Waals surface area contributed by atoms with Crippen LogP contribution in [-0.4, -0.2) is 22.7 Å². The highest BCUT2D eigenvalue weighted by molar-refractivity contribution is 8.00. The lowest BCUT2D eigenvalue weighted by molar-refractivity contribution is 0.102. The molecule has 1 N–H and O–H groups in total. The molecule has 2 aromatic carbocycles. The summed E-state index contributed by atoms with van der Waals surface area (Å²) in [5, 5.41) is 11.5. The topological polar surface area (TPSA) is 64.1 Å². The number of hydrogen-bond donors (Lipinski definition) is 1. The zero-order valence-electron chi connectivity index (χ0n) is 15.3. The minimum absolute atomic E-state index is 0.219. The van der Waals surface area contributed by atoms with Crippen LogP contribution in [0.2, 0.25) is 0 Å². The second-order valence-corrected chi connectivity index (χ2v) is 8.18. The SMILES string of the molecule is CCCOc1cccc(C(=O)Nc2nnc(SCc3cccc(C)c3)s2)c1. The third-order valence-electron chi connectivity index (χ3n) is 3.64. The minimum atomic E-state index is -0.219. The molecule has 7 heteroatoms. The molecule has 0 saturated carbocycles. The lowest BCUT2D eigenvalue weighted by Crippen LogP contribution is -2.11. The maximum atomic E-state index is 12.4. The first-order valence-electron chi connectivity index (χ1n) is 8.70. The fourth-order valence-corrected chi connectivity index (χ4v) is 4.07. The molecule has 1 heterocycles. The summed E-state index contributed by atoms with van der Waals surface area (Å²) in [5.74, 6) is 1.29. The van der Waals surface area contributed by atoms with E-state index in [9.17, 15) is 4.79 Å². The van der Waals surface area contributed by atoms with Crippen molar-refractivity contribution in [1.29, 1.82) is 0 Å². The van der Waals surface area contributed by atoms with Gasteiger partial charge in [0.15, 0.2) is 4.34 Å².